The molecule has 1 aromatic rings. The van der Waals surface area contributed by atoms with Crippen molar-refractivity contribution in [1.29, 1.82) is 0 Å². The summed E-state index contributed by atoms with van der Waals surface area (Å²) >= 11 is 0. The average molecular weight is 584 g/mol. The summed E-state index contributed by atoms with van der Waals surface area (Å²) in [6.07, 6.45) is 13.5. The standard InChI is InChI=1S/C33H47F2N5O2/c1-24(9-10-25(2)37-18-15-26(3)38-19-16-30(36-5)21-27(4)42-8)22-40-20-17-31(33(34,35)23-40)28-11-13-29(14-12-28)32(41)39(6)7/h9-16,18-19,21,27,31,36-37H,17,20,22-23H2,1-8H3/b18-15-,19-16-,24-9+,25-10+,30-21+,38-26+. The molecular weight excluding hydrogens is 536 g/mol. The molecule has 1 aliphatic heterocycles. The van der Waals surface area contributed by atoms with Gasteiger partial charge in [-0.1, -0.05) is 23.8 Å². The molecule has 1 amide bonds. The van der Waals surface area contributed by atoms with Gasteiger partial charge < -0.3 is 20.3 Å². The van der Waals surface area contributed by atoms with Gasteiger partial charge >= 0.3 is 0 Å². The monoisotopic (exact) mass is 583 g/mol. The number of amides is 1. The molecule has 1 aliphatic rings. The SMILES string of the molecule is CNC(/C=C\N=C(C)\C=C/N/C(C)=C/C=C(\C)CN1CCC(c2ccc(C(=O)N(C)C)cc2)C(F)(F)C1)=C/C(C)OC. The van der Waals surface area contributed by atoms with Crippen LogP contribution in [-0.2, 0) is 4.74 Å². The van der Waals surface area contributed by atoms with Crippen molar-refractivity contribution in [3.8, 4) is 0 Å². The molecule has 0 saturated carbocycles. The molecule has 0 spiro atoms. The van der Waals surface area contributed by atoms with Crippen LogP contribution in [-0.4, -0.2) is 81.3 Å². The number of aliphatic imine (C=N–C) groups is 1. The van der Waals surface area contributed by atoms with Crippen LogP contribution in [0.2, 0.25) is 0 Å². The number of carbonyl (C=O) groups excluding carboxylic acids is 1. The summed E-state index contributed by atoms with van der Waals surface area (Å²) in [6, 6.07) is 6.60. The Morgan fingerprint density at radius 2 is 1.88 bits per heavy atom. The number of alkyl halides is 2. The molecule has 1 saturated heterocycles. The van der Waals surface area contributed by atoms with E-state index < -0.39 is 11.8 Å². The number of likely N-dealkylation sites (N-methyl/N-ethyl adjacent to an activating group) is 1. The molecule has 0 bridgehead atoms. The second-order valence-corrected chi connectivity index (χ2v) is 10.9. The Balaban J connectivity index is 1.89. The number of rotatable bonds is 13. The first-order valence-corrected chi connectivity index (χ1v) is 14.2. The largest absolute Gasteiger partial charge is 0.388 e. The molecule has 2 atom stereocenters. The maximum Gasteiger partial charge on any atom is 0.267 e. The topological polar surface area (TPSA) is 69.2 Å². The van der Waals surface area contributed by atoms with Crippen molar-refractivity contribution in [3.63, 3.8) is 0 Å². The van der Waals surface area contributed by atoms with Gasteiger partial charge in [-0.2, -0.15) is 0 Å². The molecule has 2 N–H and O–H groups in total. The molecule has 0 aromatic heterocycles. The van der Waals surface area contributed by atoms with Gasteiger partial charge in [0.1, 0.15) is 0 Å². The Hall–Kier alpha value is -3.56. The van der Waals surface area contributed by atoms with E-state index in [1.54, 1.807) is 56.6 Å². The number of nitrogens with one attached hydrogen (secondary N) is 2. The minimum absolute atomic E-state index is 0.00324. The van der Waals surface area contributed by atoms with Crippen molar-refractivity contribution in [3.05, 3.63) is 95.1 Å². The smallest absolute Gasteiger partial charge is 0.267 e. The van der Waals surface area contributed by atoms with Gasteiger partial charge in [-0.3, -0.25) is 14.7 Å². The quantitative estimate of drug-likeness (QED) is 0.224. The van der Waals surface area contributed by atoms with Gasteiger partial charge in [0.25, 0.3) is 11.8 Å². The van der Waals surface area contributed by atoms with Gasteiger partial charge in [0.05, 0.1) is 18.6 Å². The number of allylic oxidation sites excluding steroid dienone is 5. The fourth-order valence-electron chi connectivity index (χ4n) is 4.51. The first-order valence-electron chi connectivity index (χ1n) is 14.2. The first kappa shape index (κ1) is 34.6. The lowest BCUT2D eigenvalue weighted by molar-refractivity contribution is -0.0805. The van der Waals surface area contributed by atoms with Gasteiger partial charge in [0.15, 0.2) is 0 Å². The van der Waals surface area contributed by atoms with Gasteiger partial charge in [0.2, 0.25) is 0 Å². The number of piperidine rings is 1. The van der Waals surface area contributed by atoms with E-state index in [-0.39, 0.29) is 18.6 Å². The second-order valence-electron chi connectivity index (χ2n) is 10.9. The van der Waals surface area contributed by atoms with Crippen LogP contribution in [0.15, 0.2) is 89.0 Å². The molecule has 1 aromatic carbocycles. The van der Waals surface area contributed by atoms with Crippen LogP contribution in [0, 0.1) is 0 Å². The van der Waals surface area contributed by atoms with Crippen molar-refractivity contribution in [2.24, 2.45) is 4.99 Å². The molecular formula is C33H47F2N5O2. The zero-order chi connectivity index (χ0) is 31.3. The zero-order valence-corrected chi connectivity index (χ0v) is 26.2. The van der Waals surface area contributed by atoms with E-state index in [0.29, 0.717) is 30.6 Å². The Kier molecular flexibility index (Phi) is 13.8. The molecule has 1 fully saturated rings. The Bertz CT molecular complexity index is 1210. The lowest BCUT2D eigenvalue weighted by Crippen LogP contribution is -2.47. The fourth-order valence-corrected chi connectivity index (χ4v) is 4.51. The number of carbonyl (C=O) groups is 1. The third-order valence-electron chi connectivity index (χ3n) is 6.98. The highest BCUT2D eigenvalue weighted by molar-refractivity contribution is 5.94. The number of halogens is 2. The third-order valence-corrected chi connectivity index (χ3v) is 6.98. The minimum atomic E-state index is -2.86. The van der Waals surface area contributed by atoms with E-state index in [0.717, 1.165) is 22.7 Å². The molecule has 9 heteroatoms. The average Bonchev–Trinajstić information content (AvgIpc) is 2.94. The van der Waals surface area contributed by atoms with Crippen LogP contribution in [0.25, 0.3) is 0 Å². The highest BCUT2D eigenvalue weighted by Gasteiger charge is 2.45. The number of nitrogens with zero attached hydrogens (tertiary/aromatic N) is 3. The molecule has 1 heterocycles. The molecule has 2 rings (SSSR count). The Morgan fingerprint density at radius 1 is 1.19 bits per heavy atom. The van der Waals surface area contributed by atoms with Gasteiger partial charge in [-0.15, -0.1) is 0 Å². The number of benzene rings is 1. The fraction of sp³-hybridized carbons (Fsp3) is 0.455. The predicted octanol–water partition coefficient (Wildman–Crippen LogP) is 5.88. The van der Waals surface area contributed by atoms with E-state index in [1.807, 2.05) is 71.3 Å². The zero-order valence-electron chi connectivity index (χ0n) is 26.2. The van der Waals surface area contributed by atoms with Crippen molar-refractivity contribution in [2.75, 3.05) is 47.9 Å². The summed E-state index contributed by atoms with van der Waals surface area (Å²) in [6.45, 7) is 8.52. The van der Waals surface area contributed by atoms with E-state index in [9.17, 15) is 4.79 Å². The number of likely N-dealkylation sites (tertiary alicyclic amines) is 1. The van der Waals surface area contributed by atoms with Crippen LogP contribution in [0.5, 0.6) is 0 Å². The Labute approximate surface area is 250 Å². The van der Waals surface area contributed by atoms with Crippen LogP contribution in [0.4, 0.5) is 8.78 Å². The lowest BCUT2D eigenvalue weighted by atomic mass is 9.85. The number of ether oxygens (including phenoxy) is 1. The Morgan fingerprint density at radius 3 is 2.48 bits per heavy atom. The molecule has 2 unspecified atom stereocenters. The van der Waals surface area contributed by atoms with Gasteiger partial charge in [0, 0.05) is 69.9 Å². The highest BCUT2D eigenvalue weighted by atomic mass is 19.3. The summed E-state index contributed by atoms with van der Waals surface area (Å²) in [5.41, 5.74) is 4.74. The maximum absolute atomic E-state index is 15.2. The van der Waals surface area contributed by atoms with E-state index >= 15 is 8.78 Å². The summed E-state index contributed by atoms with van der Waals surface area (Å²) in [7, 11) is 6.85. The van der Waals surface area contributed by atoms with Crippen LogP contribution in [0.1, 0.15) is 56.0 Å². The summed E-state index contributed by atoms with van der Waals surface area (Å²) < 4.78 is 35.6. The van der Waals surface area contributed by atoms with E-state index in [4.69, 9.17) is 4.74 Å². The number of hydrogen-bond acceptors (Lipinski definition) is 6. The van der Waals surface area contributed by atoms with Gasteiger partial charge in [-0.25, -0.2) is 8.78 Å². The van der Waals surface area contributed by atoms with Gasteiger partial charge in [-0.05, 0) is 82.7 Å². The van der Waals surface area contributed by atoms with Crippen LogP contribution in [0.3, 0.4) is 0 Å². The maximum atomic E-state index is 15.2. The lowest BCUT2D eigenvalue weighted by Gasteiger charge is -2.38. The normalized spacial score (nSPS) is 19.8. The summed E-state index contributed by atoms with van der Waals surface area (Å²) in [5.74, 6) is -3.85. The van der Waals surface area contributed by atoms with Crippen LogP contribution < -0.4 is 10.6 Å². The first-order chi connectivity index (χ1) is 19.9. The van der Waals surface area contributed by atoms with Crippen molar-refractivity contribution in [1.82, 2.24) is 20.4 Å². The summed E-state index contributed by atoms with van der Waals surface area (Å²) in [5, 5.41) is 6.30. The third kappa shape index (κ3) is 11.4. The molecule has 230 valence electrons. The predicted molar refractivity (Wildman–Crippen MR) is 169 cm³/mol. The molecule has 7 nitrogen and oxygen atoms in total. The molecule has 0 radical (unpaired) electrons. The van der Waals surface area contributed by atoms with E-state index in [1.165, 1.54) is 4.90 Å². The minimum Gasteiger partial charge on any atom is -0.388 e. The molecule has 42 heavy (non-hydrogen) atoms. The van der Waals surface area contributed by atoms with Crippen molar-refractivity contribution < 1.29 is 18.3 Å². The highest BCUT2D eigenvalue weighted by Crippen LogP contribution is 2.40. The van der Waals surface area contributed by atoms with Crippen LogP contribution >= 0.6 is 0 Å². The van der Waals surface area contributed by atoms with Crippen molar-refractivity contribution >= 4 is 11.6 Å². The van der Waals surface area contributed by atoms with E-state index in [2.05, 4.69) is 15.6 Å². The summed E-state index contributed by atoms with van der Waals surface area (Å²) in [4.78, 5) is 19.8. The molecule has 0 aliphatic carbocycles. The second kappa shape index (κ2) is 16.8. The number of methoxy groups -OCH3 is 1. The number of hydrogen-bond donors (Lipinski definition) is 2. The van der Waals surface area contributed by atoms with Crippen molar-refractivity contribution in [2.45, 2.75) is 52.1 Å².